The summed E-state index contributed by atoms with van der Waals surface area (Å²) in [6.45, 7) is 11.0. The van der Waals surface area contributed by atoms with Crippen LogP contribution < -0.4 is 5.32 Å². The molecule has 0 aromatic heterocycles. The van der Waals surface area contributed by atoms with E-state index in [1.807, 2.05) is 20.8 Å². The number of nitrogens with one attached hydrogen (secondary N) is 1. The van der Waals surface area contributed by atoms with E-state index in [4.69, 9.17) is 0 Å². The van der Waals surface area contributed by atoms with Crippen LogP contribution in [0.1, 0.15) is 51.4 Å². The maximum atomic E-state index is 12.8. The Morgan fingerprint density at radius 1 is 1.08 bits per heavy atom. The lowest BCUT2D eigenvalue weighted by molar-refractivity contribution is 0.0919. The van der Waals surface area contributed by atoms with Crippen LogP contribution in [0, 0.1) is 11.8 Å². The molecule has 1 aromatic rings. The fourth-order valence-corrected chi connectivity index (χ4v) is 4.82. The molecule has 1 aliphatic rings. The molecule has 1 amide bonds. The molecule has 134 valence electrons. The van der Waals surface area contributed by atoms with Crippen LogP contribution in [-0.2, 0) is 10.0 Å². The van der Waals surface area contributed by atoms with Gasteiger partial charge in [0.25, 0.3) is 5.91 Å². The van der Waals surface area contributed by atoms with Gasteiger partial charge in [-0.25, -0.2) is 8.42 Å². The number of rotatable bonds is 3. The first-order chi connectivity index (χ1) is 11.0. The third-order valence-electron chi connectivity index (χ3n) is 4.08. The van der Waals surface area contributed by atoms with Crippen molar-refractivity contribution in [3.8, 4) is 0 Å². The van der Waals surface area contributed by atoms with Crippen LogP contribution in [0.5, 0.6) is 0 Å². The zero-order chi connectivity index (χ0) is 18.1. The van der Waals surface area contributed by atoms with Gasteiger partial charge in [0, 0.05) is 24.2 Å². The first kappa shape index (κ1) is 18.9. The van der Waals surface area contributed by atoms with Crippen molar-refractivity contribution in [2.75, 3.05) is 13.1 Å². The average Bonchev–Trinajstić information content (AvgIpc) is 2.44. The number of nitrogens with zero attached hydrogens (tertiary/aromatic N) is 1. The summed E-state index contributed by atoms with van der Waals surface area (Å²) >= 11 is 0. The highest BCUT2D eigenvalue weighted by Crippen LogP contribution is 2.26. The normalized spacial score (nSPS) is 23.0. The van der Waals surface area contributed by atoms with Crippen molar-refractivity contribution >= 4 is 15.9 Å². The molecule has 6 heteroatoms. The van der Waals surface area contributed by atoms with Gasteiger partial charge >= 0.3 is 0 Å². The number of carbonyl (C=O) groups is 1. The van der Waals surface area contributed by atoms with Crippen molar-refractivity contribution in [3.05, 3.63) is 29.8 Å². The maximum absolute atomic E-state index is 12.8. The summed E-state index contributed by atoms with van der Waals surface area (Å²) in [6, 6.07) is 6.20. The molecule has 0 aliphatic carbocycles. The van der Waals surface area contributed by atoms with E-state index >= 15 is 0 Å². The number of carbonyl (C=O) groups excluding carboxylic acids is 1. The van der Waals surface area contributed by atoms with Gasteiger partial charge < -0.3 is 5.32 Å². The largest absolute Gasteiger partial charge is 0.347 e. The number of hydrogen-bond acceptors (Lipinski definition) is 3. The third kappa shape index (κ3) is 4.57. The number of benzene rings is 1. The molecule has 5 nitrogen and oxygen atoms in total. The minimum atomic E-state index is -3.50. The molecular formula is C18H28N2O3S. The summed E-state index contributed by atoms with van der Waals surface area (Å²) < 4.78 is 27.2. The lowest BCUT2D eigenvalue weighted by Gasteiger charge is -2.34. The molecule has 1 aliphatic heterocycles. The lowest BCUT2D eigenvalue weighted by Crippen LogP contribution is -2.42. The molecule has 0 spiro atoms. The molecule has 0 saturated carbocycles. The van der Waals surface area contributed by atoms with Gasteiger partial charge in [-0.3, -0.25) is 4.79 Å². The Morgan fingerprint density at radius 2 is 1.58 bits per heavy atom. The number of amides is 1. The molecule has 0 bridgehead atoms. The highest BCUT2D eigenvalue weighted by Gasteiger charge is 2.31. The molecule has 1 N–H and O–H groups in total. The van der Waals surface area contributed by atoms with E-state index in [2.05, 4.69) is 19.2 Å². The lowest BCUT2D eigenvalue weighted by atomic mass is 9.94. The molecule has 24 heavy (non-hydrogen) atoms. The summed E-state index contributed by atoms with van der Waals surface area (Å²) in [6.07, 6.45) is 1.05. The molecule has 1 heterocycles. The predicted octanol–water partition coefficient (Wildman–Crippen LogP) is 2.88. The van der Waals surface area contributed by atoms with E-state index in [0.717, 1.165) is 6.42 Å². The maximum Gasteiger partial charge on any atom is 0.251 e. The molecule has 1 aromatic carbocycles. The van der Waals surface area contributed by atoms with Crippen LogP contribution in [0.2, 0.25) is 0 Å². The second-order valence-corrected chi connectivity index (χ2v) is 9.93. The average molecular weight is 353 g/mol. The summed E-state index contributed by atoms with van der Waals surface area (Å²) in [5.41, 5.74) is 0.131. The van der Waals surface area contributed by atoms with Crippen LogP contribution in [0.25, 0.3) is 0 Å². The Balaban J connectivity index is 2.19. The summed E-state index contributed by atoms with van der Waals surface area (Å²) in [4.78, 5) is 12.4. The Bertz CT molecular complexity index is 680. The van der Waals surface area contributed by atoms with E-state index in [1.165, 1.54) is 12.1 Å². The Kier molecular flexibility index (Phi) is 5.40. The van der Waals surface area contributed by atoms with Gasteiger partial charge in [0.1, 0.15) is 0 Å². The topological polar surface area (TPSA) is 66.5 Å². The minimum absolute atomic E-state index is 0.202. The summed E-state index contributed by atoms with van der Waals surface area (Å²) in [5, 5.41) is 2.87. The third-order valence-corrected chi connectivity index (χ3v) is 5.92. The van der Waals surface area contributed by atoms with Gasteiger partial charge in [-0.05, 0) is 63.3 Å². The highest BCUT2D eigenvalue weighted by atomic mass is 32.2. The van der Waals surface area contributed by atoms with E-state index in [9.17, 15) is 13.2 Å². The quantitative estimate of drug-likeness (QED) is 0.909. The Morgan fingerprint density at radius 3 is 2.04 bits per heavy atom. The fraction of sp³-hybridized carbons (Fsp3) is 0.611. The molecular weight excluding hydrogens is 324 g/mol. The smallest absolute Gasteiger partial charge is 0.251 e. The molecule has 0 radical (unpaired) electrons. The van der Waals surface area contributed by atoms with Gasteiger partial charge in [-0.2, -0.15) is 4.31 Å². The van der Waals surface area contributed by atoms with Crippen LogP contribution in [0.4, 0.5) is 0 Å². The van der Waals surface area contributed by atoms with Gasteiger partial charge in [0.15, 0.2) is 0 Å². The van der Waals surface area contributed by atoms with Crippen LogP contribution in [0.3, 0.4) is 0 Å². The van der Waals surface area contributed by atoms with Gasteiger partial charge in [-0.1, -0.05) is 13.8 Å². The van der Waals surface area contributed by atoms with Gasteiger partial charge in [0.2, 0.25) is 10.0 Å². The van der Waals surface area contributed by atoms with Crippen molar-refractivity contribution in [1.29, 1.82) is 0 Å². The van der Waals surface area contributed by atoms with Crippen molar-refractivity contribution < 1.29 is 13.2 Å². The first-order valence-corrected chi connectivity index (χ1v) is 9.86. The predicted molar refractivity (Wildman–Crippen MR) is 95.4 cm³/mol. The zero-order valence-corrected chi connectivity index (χ0v) is 16.0. The van der Waals surface area contributed by atoms with Crippen molar-refractivity contribution in [1.82, 2.24) is 9.62 Å². The van der Waals surface area contributed by atoms with Gasteiger partial charge in [0.05, 0.1) is 4.90 Å². The van der Waals surface area contributed by atoms with E-state index in [1.54, 1.807) is 16.4 Å². The highest BCUT2D eigenvalue weighted by molar-refractivity contribution is 7.89. The summed E-state index contributed by atoms with van der Waals surface area (Å²) in [5.74, 6) is 0.521. The fourth-order valence-electron chi connectivity index (χ4n) is 3.14. The number of sulfonamides is 1. The number of piperidine rings is 1. The van der Waals surface area contributed by atoms with E-state index in [-0.39, 0.29) is 16.3 Å². The monoisotopic (exact) mass is 352 g/mol. The molecule has 1 fully saturated rings. The van der Waals surface area contributed by atoms with Crippen molar-refractivity contribution in [2.45, 2.75) is 51.5 Å². The standard InChI is InChI=1S/C18H28N2O3S/c1-13-10-14(2)12-20(11-13)24(22,23)16-8-6-15(7-9-16)17(21)19-18(3,4)5/h6-9,13-14H,10-12H2,1-5H3,(H,19,21)/t13-,14+. The second-order valence-electron chi connectivity index (χ2n) is 8.00. The van der Waals surface area contributed by atoms with Crippen LogP contribution >= 0.6 is 0 Å². The SMILES string of the molecule is C[C@@H]1C[C@H](C)CN(S(=O)(=O)c2ccc(C(=O)NC(C)(C)C)cc2)C1. The first-order valence-electron chi connectivity index (χ1n) is 8.42. The number of hydrogen-bond donors (Lipinski definition) is 1. The summed E-state index contributed by atoms with van der Waals surface area (Å²) in [7, 11) is -3.50. The molecule has 2 atom stereocenters. The van der Waals surface area contributed by atoms with Crippen molar-refractivity contribution in [2.24, 2.45) is 11.8 Å². The molecule has 2 rings (SSSR count). The van der Waals surface area contributed by atoms with Gasteiger partial charge in [-0.15, -0.1) is 0 Å². The van der Waals surface area contributed by atoms with E-state index < -0.39 is 10.0 Å². The van der Waals surface area contributed by atoms with Crippen molar-refractivity contribution in [3.63, 3.8) is 0 Å². The second kappa shape index (κ2) is 6.84. The van der Waals surface area contributed by atoms with Crippen LogP contribution in [-0.4, -0.2) is 37.3 Å². The molecule has 1 saturated heterocycles. The molecule has 0 unspecified atom stereocenters. The van der Waals surface area contributed by atoms with Crippen LogP contribution in [0.15, 0.2) is 29.2 Å². The Hall–Kier alpha value is -1.40. The van der Waals surface area contributed by atoms with E-state index in [0.29, 0.717) is 30.5 Å². The zero-order valence-electron chi connectivity index (χ0n) is 15.2. The minimum Gasteiger partial charge on any atom is -0.347 e. The Labute approximate surface area is 145 Å².